The van der Waals surface area contributed by atoms with Crippen LogP contribution in [0.15, 0.2) is 30.5 Å². The molecule has 1 heterocycles. The number of hydrogen-bond acceptors (Lipinski definition) is 4. The molecule has 2 aromatic rings. The van der Waals surface area contributed by atoms with Crippen LogP contribution < -0.4 is 11.3 Å². The van der Waals surface area contributed by atoms with Gasteiger partial charge in [0.2, 0.25) is 0 Å². The minimum Gasteiger partial charge on any atom is -0.271 e. The molecule has 5 heteroatoms. The summed E-state index contributed by atoms with van der Waals surface area (Å²) in [7, 11) is 1.85. The van der Waals surface area contributed by atoms with Crippen LogP contribution in [0.2, 0.25) is 0 Å². The highest BCUT2D eigenvalue weighted by atomic mass is 15.4. The maximum absolute atomic E-state index is 5.58. The molecular weight excluding hydrogens is 202 g/mol. The number of benzene rings is 1. The van der Waals surface area contributed by atoms with Crippen LogP contribution in [0.25, 0.3) is 0 Å². The lowest BCUT2D eigenvalue weighted by Gasteiger charge is -2.15. The van der Waals surface area contributed by atoms with E-state index in [9.17, 15) is 0 Å². The Morgan fingerprint density at radius 2 is 2.00 bits per heavy atom. The SMILES string of the molecule is Cc1ccc(C(NN)c2cnnn2C)cc1. The summed E-state index contributed by atoms with van der Waals surface area (Å²) in [5, 5.41) is 7.75. The average Bonchev–Trinajstić information content (AvgIpc) is 2.69. The minimum atomic E-state index is -0.0828. The smallest absolute Gasteiger partial charge is 0.0894 e. The lowest BCUT2D eigenvalue weighted by molar-refractivity contribution is 0.570. The summed E-state index contributed by atoms with van der Waals surface area (Å²) in [5.41, 5.74) is 6.04. The molecule has 16 heavy (non-hydrogen) atoms. The second-order valence-electron chi connectivity index (χ2n) is 3.79. The van der Waals surface area contributed by atoms with E-state index < -0.39 is 0 Å². The van der Waals surface area contributed by atoms with Crippen LogP contribution in [-0.2, 0) is 7.05 Å². The molecule has 3 N–H and O–H groups in total. The van der Waals surface area contributed by atoms with Gasteiger partial charge in [0.05, 0.1) is 17.9 Å². The Kier molecular flexibility index (Phi) is 2.98. The number of aryl methyl sites for hydroxylation is 2. The standard InChI is InChI=1S/C11H15N5/c1-8-3-5-9(6-4-8)11(14-12)10-7-13-15-16(10)2/h3-7,11,14H,12H2,1-2H3. The highest BCUT2D eigenvalue weighted by Gasteiger charge is 2.15. The normalized spacial score (nSPS) is 12.7. The van der Waals surface area contributed by atoms with Gasteiger partial charge in [0, 0.05) is 7.05 Å². The fourth-order valence-electron chi connectivity index (χ4n) is 1.67. The van der Waals surface area contributed by atoms with Crippen molar-refractivity contribution in [3.63, 3.8) is 0 Å². The number of hydrazine groups is 1. The fourth-order valence-corrected chi connectivity index (χ4v) is 1.67. The van der Waals surface area contributed by atoms with Gasteiger partial charge in [0.1, 0.15) is 0 Å². The number of rotatable bonds is 3. The summed E-state index contributed by atoms with van der Waals surface area (Å²) < 4.78 is 1.71. The molecule has 84 valence electrons. The van der Waals surface area contributed by atoms with E-state index in [1.165, 1.54) is 5.56 Å². The number of hydrogen-bond donors (Lipinski definition) is 2. The first-order chi connectivity index (χ1) is 7.72. The van der Waals surface area contributed by atoms with Crippen molar-refractivity contribution in [2.75, 3.05) is 0 Å². The molecule has 1 unspecified atom stereocenters. The van der Waals surface area contributed by atoms with E-state index in [2.05, 4.69) is 34.8 Å². The molecule has 1 aromatic heterocycles. The molecule has 1 atom stereocenters. The molecule has 0 fully saturated rings. The van der Waals surface area contributed by atoms with Gasteiger partial charge in [0.25, 0.3) is 0 Å². The second-order valence-corrected chi connectivity index (χ2v) is 3.79. The molecule has 0 spiro atoms. The Morgan fingerprint density at radius 3 is 2.50 bits per heavy atom. The van der Waals surface area contributed by atoms with Crippen molar-refractivity contribution in [2.24, 2.45) is 12.9 Å². The summed E-state index contributed by atoms with van der Waals surface area (Å²) >= 11 is 0. The van der Waals surface area contributed by atoms with Gasteiger partial charge in [-0.3, -0.25) is 10.5 Å². The quantitative estimate of drug-likeness (QED) is 0.586. The summed E-state index contributed by atoms with van der Waals surface area (Å²) in [4.78, 5) is 0. The van der Waals surface area contributed by atoms with E-state index in [0.29, 0.717) is 0 Å². The monoisotopic (exact) mass is 217 g/mol. The predicted molar refractivity (Wildman–Crippen MR) is 61.3 cm³/mol. The zero-order chi connectivity index (χ0) is 11.5. The molecule has 0 aliphatic heterocycles. The van der Waals surface area contributed by atoms with Gasteiger partial charge in [-0.1, -0.05) is 35.0 Å². The molecule has 2 rings (SSSR count). The van der Waals surface area contributed by atoms with Crippen LogP contribution in [0.4, 0.5) is 0 Å². The molecule has 5 nitrogen and oxygen atoms in total. The summed E-state index contributed by atoms with van der Waals surface area (Å²) in [6, 6.07) is 8.13. The molecule has 0 radical (unpaired) electrons. The molecule has 0 aliphatic carbocycles. The third kappa shape index (κ3) is 1.95. The number of nitrogens with two attached hydrogens (primary N) is 1. The van der Waals surface area contributed by atoms with E-state index in [-0.39, 0.29) is 6.04 Å². The molecular formula is C11H15N5. The van der Waals surface area contributed by atoms with Gasteiger partial charge in [-0.15, -0.1) is 5.10 Å². The van der Waals surface area contributed by atoms with E-state index in [1.54, 1.807) is 10.9 Å². The van der Waals surface area contributed by atoms with Crippen molar-refractivity contribution in [1.29, 1.82) is 0 Å². The minimum absolute atomic E-state index is 0.0828. The Labute approximate surface area is 94.2 Å². The lowest BCUT2D eigenvalue weighted by atomic mass is 10.0. The largest absolute Gasteiger partial charge is 0.271 e. The molecule has 0 amide bonds. The third-order valence-electron chi connectivity index (χ3n) is 2.62. The van der Waals surface area contributed by atoms with Crippen molar-refractivity contribution in [2.45, 2.75) is 13.0 Å². The van der Waals surface area contributed by atoms with Crippen molar-refractivity contribution in [3.05, 3.63) is 47.3 Å². The van der Waals surface area contributed by atoms with Crippen LogP contribution in [0.5, 0.6) is 0 Å². The molecule has 0 saturated heterocycles. The Hall–Kier alpha value is -1.72. The molecule has 0 saturated carbocycles. The van der Waals surface area contributed by atoms with Crippen LogP contribution in [0.1, 0.15) is 22.9 Å². The van der Waals surface area contributed by atoms with Crippen molar-refractivity contribution < 1.29 is 0 Å². The molecule has 0 aliphatic rings. The van der Waals surface area contributed by atoms with Crippen LogP contribution >= 0.6 is 0 Å². The van der Waals surface area contributed by atoms with Gasteiger partial charge in [-0.05, 0) is 12.5 Å². The Bertz CT molecular complexity index is 459. The topological polar surface area (TPSA) is 68.8 Å². The highest BCUT2D eigenvalue weighted by molar-refractivity contribution is 5.29. The zero-order valence-corrected chi connectivity index (χ0v) is 9.38. The lowest BCUT2D eigenvalue weighted by Crippen LogP contribution is -2.30. The Balaban J connectivity index is 2.37. The third-order valence-corrected chi connectivity index (χ3v) is 2.62. The summed E-state index contributed by atoms with van der Waals surface area (Å²) in [6.45, 7) is 2.06. The van der Waals surface area contributed by atoms with E-state index in [1.807, 2.05) is 19.2 Å². The number of nitrogens with one attached hydrogen (secondary N) is 1. The van der Waals surface area contributed by atoms with E-state index in [4.69, 9.17) is 5.84 Å². The summed E-state index contributed by atoms with van der Waals surface area (Å²) in [5.74, 6) is 5.58. The van der Waals surface area contributed by atoms with Crippen molar-refractivity contribution in [3.8, 4) is 0 Å². The highest BCUT2D eigenvalue weighted by Crippen LogP contribution is 2.19. The number of aromatic nitrogens is 3. The van der Waals surface area contributed by atoms with Crippen molar-refractivity contribution in [1.82, 2.24) is 20.4 Å². The van der Waals surface area contributed by atoms with Gasteiger partial charge in [-0.2, -0.15) is 0 Å². The van der Waals surface area contributed by atoms with Crippen LogP contribution in [0, 0.1) is 6.92 Å². The molecule has 1 aromatic carbocycles. The first-order valence-electron chi connectivity index (χ1n) is 5.09. The van der Waals surface area contributed by atoms with Gasteiger partial charge >= 0.3 is 0 Å². The first-order valence-corrected chi connectivity index (χ1v) is 5.09. The fraction of sp³-hybridized carbons (Fsp3) is 0.273. The Morgan fingerprint density at radius 1 is 1.31 bits per heavy atom. The zero-order valence-electron chi connectivity index (χ0n) is 9.38. The van der Waals surface area contributed by atoms with Crippen LogP contribution in [0.3, 0.4) is 0 Å². The van der Waals surface area contributed by atoms with E-state index >= 15 is 0 Å². The number of nitrogens with zero attached hydrogens (tertiary/aromatic N) is 3. The average molecular weight is 217 g/mol. The van der Waals surface area contributed by atoms with Gasteiger partial charge in [-0.25, -0.2) is 5.43 Å². The molecule has 0 bridgehead atoms. The first kappa shape index (κ1) is 10.8. The summed E-state index contributed by atoms with van der Waals surface area (Å²) in [6.07, 6.45) is 1.71. The van der Waals surface area contributed by atoms with Crippen molar-refractivity contribution >= 4 is 0 Å². The van der Waals surface area contributed by atoms with Crippen LogP contribution in [-0.4, -0.2) is 15.0 Å². The second kappa shape index (κ2) is 4.42. The maximum Gasteiger partial charge on any atom is 0.0894 e. The van der Waals surface area contributed by atoms with E-state index in [0.717, 1.165) is 11.3 Å². The van der Waals surface area contributed by atoms with Gasteiger partial charge < -0.3 is 0 Å². The maximum atomic E-state index is 5.58. The van der Waals surface area contributed by atoms with Gasteiger partial charge in [0.15, 0.2) is 0 Å². The predicted octanol–water partition coefficient (Wildman–Crippen LogP) is 0.676.